The molecule has 0 radical (unpaired) electrons. The molecule has 1 N–H and O–H groups in total. The number of ether oxygens (including phenoxy) is 1. The Morgan fingerprint density at radius 1 is 1.30 bits per heavy atom. The Morgan fingerprint density at radius 3 is 2.53 bits per heavy atom. The highest BCUT2D eigenvalue weighted by molar-refractivity contribution is 6.03. The van der Waals surface area contributed by atoms with E-state index in [-0.39, 0.29) is 24.1 Å². The van der Waals surface area contributed by atoms with E-state index in [0.29, 0.717) is 0 Å². The van der Waals surface area contributed by atoms with Crippen LogP contribution in [0.2, 0.25) is 0 Å². The molecule has 156 valence electrons. The summed E-state index contributed by atoms with van der Waals surface area (Å²) in [5.74, 6) is 0.0912. The summed E-state index contributed by atoms with van der Waals surface area (Å²) in [7, 11) is 3.15. The van der Waals surface area contributed by atoms with Crippen molar-refractivity contribution in [2.45, 2.75) is 32.7 Å². The van der Waals surface area contributed by atoms with Crippen LogP contribution in [0.15, 0.2) is 35.9 Å². The third-order valence-electron chi connectivity index (χ3n) is 5.12. The topological polar surface area (TPSA) is 87.4 Å². The zero-order valence-corrected chi connectivity index (χ0v) is 17.7. The summed E-state index contributed by atoms with van der Waals surface area (Å²) in [5, 5.41) is 12.4. The minimum absolute atomic E-state index is 0.00768. The van der Waals surface area contributed by atoms with E-state index in [4.69, 9.17) is 4.74 Å². The number of rotatable bonds is 7. The van der Waals surface area contributed by atoms with Gasteiger partial charge in [-0.25, -0.2) is 0 Å². The molecule has 0 bridgehead atoms. The first-order valence-corrected chi connectivity index (χ1v) is 9.84. The predicted octanol–water partition coefficient (Wildman–Crippen LogP) is 2.75. The zero-order chi connectivity index (χ0) is 21.8. The van der Waals surface area contributed by atoms with Crippen molar-refractivity contribution < 1.29 is 14.3 Å². The largest absolute Gasteiger partial charge is 0.497 e. The Kier molecular flexibility index (Phi) is 6.26. The van der Waals surface area contributed by atoms with Crippen molar-refractivity contribution in [3.05, 3.63) is 52.9 Å². The number of nitrogens with zero attached hydrogens (tertiary/aromatic N) is 3. The van der Waals surface area contributed by atoms with Gasteiger partial charge in [-0.3, -0.25) is 9.59 Å². The number of methoxy groups -OCH3 is 1. The Balaban J connectivity index is 1.82. The molecule has 0 atom stereocenters. The Hall–Kier alpha value is -3.53. The smallest absolute Gasteiger partial charge is 0.264 e. The lowest BCUT2D eigenvalue weighted by molar-refractivity contribution is -0.131. The second kappa shape index (κ2) is 8.87. The first-order chi connectivity index (χ1) is 14.3. The summed E-state index contributed by atoms with van der Waals surface area (Å²) >= 11 is 0. The normalized spacial score (nSPS) is 13.5. The second-order valence-corrected chi connectivity index (χ2v) is 7.53. The molecule has 0 unspecified atom stereocenters. The SMILES string of the molecule is COc1ccc(-n2c(C)cc(/C=C(/C#N)C(=O)N(C)CC(=O)NC3CC3)c2C)cc1. The third kappa shape index (κ3) is 4.71. The molecular formula is C23H26N4O3. The van der Waals surface area contributed by atoms with Gasteiger partial charge in [0.2, 0.25) is 5.91 Å². The van der Waals surface area contributed by atoms with Gasteiger partial charge in [-0.05, 0) is 68.7 Å². The van der Waals surface area contributed by atoms with Gasteiger partial charge in [0.05, 0.1) is 13.7 Å². The van der Waals surface area contributed by atoms with Crippen molar-refractivity contribution in [2.24, 2.45) is 0 Å². The predicted molar refractivity (Wildman–Crippen MR) is 114 cm³/mol. The Morgan fingerprint density at radius 2 is 1.97 bits per heavy atom. The summed E-state index contributed by atoms with van der Waals surface area (Å²) in [4.78, 5) is 25.9. The molecular weight excluding hydrogens is 380 g/mol. The maximum atomic E-state index is 12.7. The van der Waals surface area contributed by atoms with Gasteiger partial charge in [-0.15, -0.1) is 0 Å². The molecule has 1 heterocycles. The van der Waals surface area contributed by atoms with Gasteiger partial charge in [-0.2, -0.15) is 5.26 Å². The van der Waals surface area contributed by atoms with E-state index >= 15 is 0 Å². The number of aromatic nitrogens is 1. The molecule has 0 aliphatic heterocycles. The molecule has 7 heteroatoms. The summed E-state index contributed by atoms with van der Waals surface area (Å²) in [6, 6.07) is 11.8. The van der Waals surface area contributed by atoms with Crippen LogP contribution in [-0.4, -0.2) is 48.0 Å². The van der Waals surface area contributed by atoms with E-state index in [1.54, 1.807) is 13.2 Å². The number of carbonyl (C=O) groups is 2. The molecule has 0 saturated heterocycles. The summed E-state index contributed by atoms with van der Waals surface area (Å²) in [5.41, 5.74) is 3.62. The van der Waals surface area contributed by atoms with Crippen LogP contribution in [0, 0.1) is 25.2 Å². The van der Waals surface area contributed by atoms with Crippen LogP contribution < -0.4 is 10.1 Å². The molecule has 1 aliphatic rings. The van der Waals surface area contributed by atoms with E-state index < -0.39 is 5.91 Å². The molecule has 30 heavy (non-hydrogen) atoms. The number of aryl methyl sites for hydroxylation is 1. The average molecular weight is 406 g/mol. The highest BCUT2D eigenvalue weighted by atomic mass is 16.5. The van der Waals surface area contributed by atoms with Crippen molar-refractivity contribution >= 4 is 17.9 Å². The monoisotopic (exact) mass is 406 g/mol. The molecule has 1 fully saturated rings. The highest BCUT2D eigenvalue weighted by Crippen LogP contribution is 2.24. The van der Waals surface area contributed by atoms with Crippen molar-refractivity contribution in [1.29, 1.82) is 5.26 Å². The molecule has 1 aromatic heterocycles. The van der Waals surface area contributed by atoms with Gasteiger partial charge in [0.15, 0.2) is 0 Å². The first kappa shape index (κ1) is 21.2. The standard InChI is InChI=1S/C23H26N4O3/c1-15-11-17(16(2)27(15)20-7-9-21(30-4)10-8-20)12-18(13-24)23(29)26(3)14-22(28)25-19-5-6-19/h7-12,19H,5-6,14H2,1-4H3,(H,25,28)/b18-12-. The number of hydrogen-bond acceptors (Lipinski definition) is 4. The number of nitrogens with one attached hydrogen (secondary N) is 1. The number of nitriles is 1. The lowest BCUT2D eigenvalue weighted by Crippen LogP contribution is -2.39. The van der Waals surface area contributed by atoms with Crippen LogP contribution in [-0.2, 0) is 9.59 Å². The van der Waals surface area contributed by atoms with E-state index in [0.717, 1.165) is 41.2 Å². The molecule has 1 aliphatic carbocycles. The second-order valence-electron chi connectivity index (χ2n) is 7.53. The van der Waals surface area contributed by atoms with Crippen molar-refractivity contribution in [1.82, 2.24) is 14.8 Å². The van der Waals surface area contributed by atoms with Crippen molar-refractivity contribution in [3.63, 3.8) is 0 Å². The van der Waals surface area contributed by atoms with Crippen LogP contribution in [0.4, 0.5) is 0 Å². The van der Waals surface area contributed by atoms with E-state index in [2.05, 4.69) is 9.88 Å². The fourth-order valence-electron chi connectivity index (χ4n) is 3.35. The van der Waals surface area contributed by atoms with Gasteiger partial charge in [0.25, 0.3) is 5.91 Å². The van der Waals surface area contributed by atoms with Gasteiger partial charge in [-0.1, -0.05) is 0 Å². The number of carbonyl (C=O) groups excluding carboxylic acids is 2. The lowest BCUT2D eigenvalue weighted by atomic mass is 10.1. The van der Waals surface area contributed by atoms with Crippen LogP contribution in [0.3, 0.4) is 0 Å². The number of likely N-dealkylation sites (N-methyl/N-ethyl adjacent to an activating group) is 1. The summed E-state index contributed by atoms with van der Waals surface area (Å²) in [6.45, 7) is 3.84. The molecule has 3 rings (SSSR count). The van der Waals surface area contributed by atoms with Gasteiger partial charge in [0.1, 0.15) is 17.4 Å². The summed E-state index contributed by atoms with van der Waals surface area (Å²) in [6.07, 6.45) is 3.55. The van der Waals surface area contributed by atoms with E-state index in [1.165, 1.54) is 11.9 Å². The minimum atomic E-state index is -0.474. The average Bonchev–Trinajstić information content (AvgIpc) is 3.49. The van der Waals surface area contributed by atoms with Crippen LogP contribution in [0.1, 0.15) is 29.8 Å². The molecule has 0 spiro atoms. The lowest BCUT2D eigenvalue weighted by Gasteiger charge is -2.16. The Labute approximate surface area is 176 Å². The maximum Gasteiger partial charge on any atom is 0.264 e. The highest BCUT2D eigenvalue weighted by Gasteiger charge is 2.25. The molecule has 1 aromatic carbocycles. The van der Waals surface area contributed by atoms with Crippen molar-refractivity contribution in [2.75, 3.05) is 20.7 Å². The van der Waals surface area contributed by atoms with Gasteiger partial charge in [0, 0.05) is 30.2 Å². The van der Waals surface area contributed by atoms with Crippen LogP contribution in [0.25, 0.3) is 11.8 Å². The fourth-order valence-corrected chi connectivity index (χ4v) is 3.35. The minimum Gasteiger partial charge on any atom is -0.497 e. The maximum absolute atomic E-state index is 12.7. The number of amides is 2. The number of benzene rings is 1. The quantitative estimate of drug-likeness (QED) is 0.566. The zero-order valence-electron chi connectivity index (χ0n) is 17.7. The third-order valence-corrected chi connectivity index (χ3v) is 5.12. The Bertz CT molecular complexity index is 1020. The molecule has 1 saturated carbocycles. The molecule has 2 aromatic rings. The fraction of sp³-hybridized carbons (Fsp3) is 0.348. The van der Waals surface area contributed by atoms with E-state index in [1.807, 2.05) is 50.2 Å². The van der Waals surface area contributed by atoms with E-state index in [9.17, 15) is 14.9 Å². The van der Waals surface area contributed by atoms with Gasteiger partial charge >= 0.3 is 0 Å². The molecule has 2 amide bonds. The van der Waals surface area contributed by atoms with Crippen LogP contribution in [0.5, 0.6) is 5.75 Å². The molecule has 7 nitrogen and oxygen atoms in total. The summed E-state index contributed by atoms with van der Waals surface area (Å²) < 4.78 is 7.27. The van der Waals surface area contributed by atoms with Crippen LogP contribution >= 0.6 is 0 Å². The first-order valence-electron chi connectivity index (χ1n) is 9.84. The van der Waals surface area contributed by atoms with Crippen molar-refractivity contribution in [3.8, 4) is 17.5 Å². The van der Waals surface area contributed by atoms with Gasteiger partial charge < -0.3 is 19.5 Å². The number of hydrogen-bond donors (Lipinski definition) is 1.